The van der Waals surface area contributed by atoms with E-state index >= 15 is 0 Å². The van der Waals surface area contributed by atoms with Gasteiger partial charge in [-0.3, -0.25) is 0 Å². The zero-order chi connectivity index (χ0) is 12.5. The molecule has 0 radical (unpaired) electrons. The molecular weight excluding hydrogens is 272 g/mol. The maximum Gasteiger partial charge on any atom is 0.390 e. The van der Waals surface area contributed by atoms with Gasteiger partial charge in [-0.15, -0.1) is 12.4 Å². The highest BCUT2D eigenvalue weighted by Gasteiger charge is 2.32. The highest BCUT2D eigenvalue weighted by Crippen LogP contribution is 2.29. The van der Waals surface area contributed by atoms with Gasteiger partial charge in [0, 0.05) is 17.7 Å². The van der Waals surface area contributed by atoms with E-state index in [1.807, 2.05) is 0 Å². The summed E-state index contributed by atoms with van der Waals surface area (Å²) in [5.74, 6) is -4.20. The lowest BCUT2D eigenvalue weighted by Gasteiger charge is -2.15. The third-order valence-electron chi connectivity index (χ3n) is 1.89. The summed E-state index contributed by atoms with van der Waals surface area (Å²) in [5, 5.41) is 0. The van der Waals surface area contributed by atoms with Gasteiger partial charge in [0.1, 0.15) is 5.82 Å². The first-order valence-electron chi connectivity index (χ1n) is 4.17. The fourth-order valence-electron chi connectivity index (χ4n) is 1.18. The number of alkyl halides is 3. The molecule has 0 saturated heterocycles. The molecule has 0 fully saturated rings. The number of halogens is 7. The smallest absolute Gasteiger partial charge is 0.324 e. The summed E-state index contributed by atoms with van der Waals surface area (Å²) in [6.07, 6.45) is -6.11. The lowest BCUT2D eigenvalue weighted by Crippen LogP contribution is -2.21. The summed E-state index contributed by atoms with van der Waals surface area (Å²) in [5.41, 5.74) is 4.35. The van der Waals surface area contributed by atoms with Gasteiger partial charge in [-0.2, -0.15) is 13.2 Å². The molecule has 17 heavy (non-hydrogen) atoms. The third-order valence-corrected chi connectivity index (χ3v) is 1.89. The zero-order valence-electron chi connectivity index (χ0n) is 8.19. The molecule has 0 aliphatic carbocycles. The maximum absolute atomic E-state index is 13.0. The number of rotatable bonds is 2. The van der Waals surface area contributed by atoms with E-state index in [0.29, 0.717) is 6.07 Å². The predicted molar refractivity (Wildman–Crippen MR) is 51.2 cm³/mol. The summed E-state index contributed by atoms with van der Waals surface area (Å²) >= 11 is 0. The minimum atomic E-state index is -4.60. The molecule has 1 rings (SSSR count). The number of hydrogen-bond donors (Lipinski definition) is 1. The largest absolute Gasteiger partial charge is 0.390 e. The Morgan fingerprint density at radius 2 is 1.47 bits per heavy atom. The summed E-state index contributed by atoms with van der Waals surface area (Å²) in [6.45, 7) is 0. The number of hydrogen-bond acceptors (Lipinski definition) is 1. The monoisotopic (exact) mass is 279 g/mol. The molecule has 0 aliphatic rings. The van der Waals surface area contributed by atoms with Crippen LogP contribution in [0.3, 0.4) is 0 Å². The second-order valence-corrected chi connectivity index (χ2v) is 3.21. The number of nitrogens with two attached hydrogens (primary N) is 1. The van der Waals surface area contributed by atoms with Gasteiger partial charge in [0.25, 0.3) is 0 Å². The van der Waals surface area contributed by atoms with Crippen molar-refractivity contribution in [2.24, 2.45) is 5.73 Å². The van der Waals surface area contributed by atoms with Crippen molar-refractivity contribution in [1.29, 1.82) is 0 Å². The van der Waals surface area contributed by atoms with Crippen LogP contribution in [0.25, 0.3) is 0 Å². The van der Waals surface area contributed by atoms with Crippen LogP contribution in [-0.2, 0) is 0 Å². The first-order valence-corrected chi connectivity index (χ1v) is 4.17. The van der Waals surface area contributed by atoms with Crippen LogP contribution in [0, 0.1) is 17.5 Å². The van der Waals surface area contributed by atoms with Gasteiger partial charge in [0.05, 0.1) is 6.42 Å². The van der Waals surface area contributed by atoms with E-state index in [2.05, 4.69) is 0 Å². The van der Waals surface area contributed by atoms with Gasteiger partial charge in [0.15, 0.2) is 11.6 Å². The summed E-state index contributed by atoms with van der Waals surface area (Å²) < 4.78 is 74.0. The Balaban J connectivity index is 0.00000256. The average molecular weight is 280 g/mol. The van der Waals surface area contributed by atoms with E-state index in [9.17, 15) is 26.3 Å². The first-order chi connectivity index (χ1) is 7.20. The number of benzene rings is 1. The molecule has 1 aromatic carbocycles. The van der Waals surface area contributed by atoms with Crippen LogP contribution >= 0.6 is 12.4 Å². The van der Waals surface area contributed by atoms with Gasteiger partial charge in [-0.05, 0) is 6.07 Å². The summed E-state index contributed by atoms with van der Waals surface area (Å²) in [4.78, 5) is 0. The fraction of sp³-hybridized carbons (Fsp3) is 0.333. The Hall–Kier alpha value is -0.950. The van der Waals surface area contributed by atoms with Crippen molar-refractivity contribution in [3.63, 3.8) is 0 Å². The van der Waals surface area contributed by atoms with Crippen molar-refractivity contribution in [2.45, 2.75) is 18.6 Å². The normalized spacial score (nSPS) is 13.1. The molecule has 1 aromatic rings. The van der Waals surface area contributed by atoms with Crippen LogP contribution < -0.4 is 5.73 Å². The first kappa shape index (κ1) is 16.1. The van der Waals surface area contributed by atoms with Crippen LogP contribution in [0.5, 0.6) is 0 Å². The van der Waals surface area contributed by atoms with E-state index in [1.165, 1.54) is 0 Å². The highest BCUT2D eigenvalue weighted by atomic mass is 35.5. The molecule has 0 bridgehead atoms. The van der Waals surface area contributed by atoms with Crippen molar-refractivity contribution < 1.29 is 26.3 Å². The molecule has 0 aliphatic heterocycles. The van der Waals surface area contributed by atoms with E-state index in [0.717, 1.165) is 0 Å². The Bertz CT molecular complexity index is 392. The topological polar surface area (TPSA) is 26.0 Å². The Morgan fingerprint density at radius 1 is 1.00 bits per heavy atom. The molecule has 98 valence electrons. The molecular formula is C9H8ClF6N. The van der Waals surface area contributed by atoms with Gasteiger partial charge in [0.2, 0.25) is 0 Å². The third kappa shape index (κ3) is 4.43. The lowest BCUT2D eigenvalue weighted by molar-refractivity contribution is -0.138. The predicted octanol–water partition coefficient (Wildman–Crippen LogP) is 3.48. The molecule has 0 amide bonds. The molecule has 1 nitrogen and oxygen atoms in total. The molecule has 0 saturated carbocycles. The van der Waals surface area contributed by atoms with Crippen LogP contribution in [0.2, 0.25) is 0 Å². The lowest BCUT2D eigenvalue weighted by atomic mass is 10.0. The average Bonchev–Trinajstić information content (AvgIpc) is 2.08. The maximum atomic E-state index is 13.0. The molecule has 2 N–H and O–H groups in total. The Labute approximate surface area is 99.0 Å². The molecule has 0 spiro atoms. The van der Waals surface area contributed by atoms with Crippen molar-refractivity contribution in [3.8, 4) is 0 Å². The summed E-state index contributed by atoms with van der Waals surface area (Å²) in [7, 11) is 0. The minimum absolute atomic E-state index is 0. The second-order valence-electron chi connectivity index (χ2n) is 3.21. The van der Waals surface area contributed by atoms with Crippen molar-refractivity contribution in [2.75, 3.05) is 0 Å². The van der Waals surface area contributed by atoms with Gasteiger partial charge >= 0.3 is 6.18 Å². The summed E-state index contributed by atoms with van der Waals surface area (Å²) in [6, 6.07) is -1.25. The van der Waals surface area contributed by atoms with E-state index in [-0.39, 0.29) is 18.5 Å². The van der Waals surface area contributed by atoms with Crippen LogP contribution in [0.1, 0.15) is 18.0 Å². The Morgan fingerprint density at radius 3 is 1.94 bits per heavy atom. The molecule has 1 atom stereocenters. The Kier molecular flexibility index (Phi) is 5.28. The van der Waals surface area contributed by atoms with E-state index < -0.39 is 41.7 Å². The van der Waals surface area contributed by atoms with Crippen molar-refractivity contribution in [1.82, 2.24) is 0 Å². The molecule has 0 heterocycles. The SMILES string of the molecule is Cl.N[C@H](CC(F)(F)F)c1cc(F)c(F)cc1F. The van der Waals surface area contributed by atoms with Crippen LogP contribution in [-0.4, -0.2) is 6.18 Å². The molecule has 0 aromatic heterocycles. The second kappa shape index (κ2) is 5.59. The van der Waals surface area contributed by atoms with Crippen LogP contribution in [0.4, 0.5) is 26.3 Å². The van der Waals surface area contributed by atoms with E-state index in [4.69, 9.17) is 5.73 Å². The molecule has 8 heteroatoms. The standard InChI is InChI=1S/C9H7F6N.ClH/c10-5-2-7(12)6(11)1-4(5)8(16)3-9(13,14)15;/h1-2,8H,3,16H2;1H/t8-;/m1./s1. The minimum Gasteiger partial charge on any atom is -0.324 e. The van der Waals surface area contributed by atoms with Gasteiger partial charge in [-0.1, -0.05) is 0 Å². The van der Waals surface area contributed by atoms with Crippen LogP contribution in [0.15, 0.2) is 12.1 Å². The highest BCUT2D eigenvalue weighted by molar-refractivity contribution is 5.85. The quantitative estimate of drug-likeness (QED) is 0.651. The van der Waals surface area contributed by atoms with Crippen molar-refractivity contribution >= 4 is 12.4 Å². The van der Waals surface area contributed by atoms with Crippen molar-refractivity contribution in [3.05, 3.63) is 35.1 Å². The van der Waals surface area contributed by atoms with Gasteiger partial charge < -0.3 is 5.73 Å². The van der Waals surface area contributed by atoms with Gasteiger partial charge in [-0.25, -0.2) is 13.2 Å². The molecule has 0 unspecified atom stereocenters. The zero-order valence-corrected chi connectivity index (χ0v) is 9.01. The van der Waals surface area contributed by atoms with E-state index in [1.54, 1.807) is 0 Å². The fourth-order valence-corrected chi connectivity index (χ4v) is 1.18.